The summed E-state index contributed by atoms with van der Waals surface area (Å²) in [7, 11) is 1.50. The topological polar surface area (TPSA) is 97.6 Å². The Kier molecular flexibility index (Phi) is 4.70. The van der Waals surface area contributed by atoms with Crippen molar-refractivity contribution in [2.75, 3.05) is 7.11 Å². The Morgan fingerprint density at radius 2 is 1.55 bits per heavy atom. The highest BCUT2D eigenvalue weighted by Crippen LogP contribution is 2.20. The van der Waals surface area contributed by atoms with E-state index in [-0.39, 0.29) is 5.56 Å². The van der Waals surface area contributed by atoms with Gasteiger partial charge in [-0.1, -0.05) is 36.4 Å². The van der Waals surface area contributed by atoms with Crippen LogP contribution in [0.15, 0.2) is 75.9 Å². The Hall–Kier alpha value is -4.13. The zero-order valence-electron chi connectivity index (χ0n) is 15.4. The lowest BCUT2D eigenvalue weighted by molar-refractivity contribution is 0.0845. The summed E-state index contributed by atoms with van der Waals surface area (Å²) < 4.78 is 10.3. The zero-order chi connectivity index (χ0) is 20.4. The maximum Gasteiger partial charge on any atom is 0.349 e. The SMILES string of the molecule is COc1ccc2cc(C(=O)NNC(=O)c3cccc4ccccc34)c(=O)oc2c1. The Morgan fingerprint density at radius 1 is 0.828 bits per heavy atom. The number of methoxy groups -OCH3 is 1. The Morgan fingerprint density at radius 3 is 2.34 bits per heavy atom. The molecule has 0 atom stereocenters. The number of carbonyl (C=O) groups excluding carboxylic acids is 2. The molecule has 2 amide bonds. The van der Waals surface area contributed by atoms with Gasteiger partial charge in [0.2, 0.25) is 0 Å². The van der Waals surface area contributed by atoms with E-state index in [1.165, 1.54) is 13.2 Å². The molecule has 1 heterocycles. The fourth-order valence-corrected chi connectivity index (χ4v) is 3.05. The van der Waals surface area contributed by atoms with E-state index in [2.05, 4.69) is 10.9 Å². The van der Waals surface area contributed by atoms with Gasteiger partial charge in [0, 0.05) is 17.0 Å². The van der Waals surface area contributed by atoms with Gasteiger partial charge in [-0.3, -0.25) is 20.4 Å². The molecular weight excluding hydrogens is 372 g/mol. The number of hydrogen-bond acceptors (Lipinski definition) is 5. The van der Waals surface area contributed by atoms with E-state index in [1.807, 2.05) is 30.3 Å². The molecule has 1 aromatic heterocycles. The molecule has 7 nitrogen and oxygen atoms in total. The quantitative estimate of drug-likeness (QED) is 0.415. The van der Waals surface area contributed by atoms with Crippen molar-refractivity contribution in [2.24, 2.45) is 0 Å². The minimum absolute atomic E-state index is 0.221. The van der Waals surface area contributed by atoms with E-state index in [0.29, 0.717) is 22.3 Å². The number of carbonyl (C=O) groups is 2. The van der Waals surface area contributed by atoms with Crippen LogP contribution in [-0.4, -0.2) is 18.9 Å². The molecule has 4 rings (SSSR count). The summed E-state index contributed by atoms with van der Waals surface area (Å²) in [5, 5.41) is 2.20. The summed E-state index contributed by atoms with van der Waals surface area (Å²) >= 11 is 0. The van der Waals surface area contributed by atoms with Crippen molar-refractivity contribution in [1.29, 1.82) is 0 Å². The van der Waals surface area contributed by atoms with Gasteiger partial charge in [-0.15, -0.1) is 0 Å². The molecule has 144 valence electrons. The van der Waals surface area contributed by atoms with E-state index in [0.717, 1.165) is 10.8 Å². The lowest BCUT2D eigenvalue weighted by Crippen LogP contribution is -2.43. The van der Waals surface area contributed by atoms with Crippen LogP contribution < -0.4 is 21.2 Å². The Balaban J connectivity index is 1.56. The maximum atomic E-state index is 12.5. The van der Waals surface area contributed by atoms with E-state index in [9.17, 15) is 14.4 Å². The largest absolute Gasteiger partial charge is 0.497 e. The number of amides is 2. The lowest BCUT2D eigenvalue weighted by atomic mass is 10.0. The summed E-state index contributed by atoms with van der Waals surface area (Å²) in [6, 6.07) is 19.0. The van der Waals surface area contributed by atoms with Crippen molar-refractivity contribution in [3.8, 4) is 5.75 Å². The molecule has 0 aliphatic heterocycles. The molecule has 0 unspecified atom stereocenters. The van der Waals surface area contributed by atoms with Gasteiger partial charge < -0.3 is 9.15 Å². The van der Waals surface area contributed by atoms with Crippen LogP contribution in [0, 0.1) is 0 Å². The fraction of sp³-hybridized carbons (Fsp3) is 0.0455. The number of hydrazine groups is 1. The number of fused-ring (bicyclic) bond motifs is 2. The van der Waals surface area contributed by atoms with Crippen molar-refractivity contribution >= 4 is 33.6 Å². The average Bonchev–Trinajstić information content (AvgIpc) is 2.75. The zero-order valence-corrected chi connectivity index (χ0v) is 15.4. The number of hydrogen-bond donors (Lipinski definition) is 2. The molecule has 7 heteroatoms. The molecule has 29 heavy (non-hydrogen) atoms. The third-order valence-corrected chi connectivity index (χ3v) is 4.51. The number of nitrogens with one attached hydrogen (secondary N) is 2. The molecule has 0 saturated carbocycles. The van der Waals surface area contributed by atoms with Crippen molar-refractivity contribution < 1.29 is 18.7 Å². The third kappa shape index (κ3) is 3.53. The van der Waals surface area contributed by atoms with Crippen LogP contribution in [0.2, 0.25) is 0 Å². The highest BCUT2D eigenvalue weighted by Gasteiger charge is 2.16. The second-order valence-corrected chi connectivity index (χ2v) is 6.29. The smallest absolute Gasteiger partial charge is 0.349 e. The van der Waals surface area contributed by atoms with E-state index in [1.54, 1.807) is 30.3 Å². The van der Waals surface area contributed by atoms with Gasteiger partial charge in [0.25, 0.3) is 11.8 Å². The monoisotopic (exact) mass is 388 g/mol. The van der Waals surface area contributed by atoms with Gasteiger partial charge in [-0.2, -0.15) is 0 Å². The highest BCUT2D eigenvalue weighted by molar-refractivity contribution is 6.08. The van der Waals surface area contributed by atoms with Crippen molar-refractivity contribution in [3.63, 3.8) is 0 Å². The molecule has 0 saturated heterocycles. The van der Waals surface area contributed by atoms with Crippen LogP contribution in [0.1, 0.15) is 20.7 Å². The predicted octanol–water partition coefficient (Wildman–Crippen LogP) is 3.03. The highest BCUT2D eigenvalue weighted by atomic mass is 16.5. The van der Waals surface area contributed by atoms with Crippen molar-refractivity contribution in [3.05, 3.63) is 88.3 Å². The number of ether oxygens (including phenoxy) is 1. The lowest BCUT2D eigenvalue weighted by Gasteiger charge is -2.09. The minimum atomic E-state index is -0.817. The molecule has 0 aliphatic rings. The summed E-state index contributed by atoms with van der Waals surface area (Å²) in [6.07, 6.45) is 0. The molecule has 0 aliphatic carbocycles. The maximum absolute atomic E-state index is 12.5. The molecule has 3 aromatic carbocycles. The first-order valence-electron chi connectivity index (χ1n) is 8.77. The Bertz CT molecular complexity index is 1300. The van der Waals surface area contributed by atoms with Crippen molar-refractivity contribution in [1.82, 2.24) is 10.9 Å². The normalized spacial score (nSPS) is 10.7. The second kappa shape index (κ2) is 7.47. The van der Waals surface area contributed by atoms with E-state index >= 15 is 0 Å². The van der Waals surface area contributed by atoms with Gasteiger partial charge in [-0.05, 0) is 35.0 Å². The van der Waals surface area contributed by atoms with Crippen LogP contribution in [-0.2, 0) is 0 Å². The summed E-state index contributed by atoms with van der Waals surface area (Å²) in [5.41, 5.74) is 4.27. The number of benzene rings is 3. The predicted molar refractivity (Wildman–Crippen MR) is 108 cm³/mol. The average molecular weight is 388 g/mol. The van der Waals surface area contributed by atoms with Crippen LogP contribution in [0.5, 0.6) is 5.75 Å². The summed E-state index contributed by atoms with van der Waals surface area (Å²) in [4.78, 5) is 37.1. The van der Waals surface area contributed by atoms with Gasteiger partial charge >= 0.3 is 5.63 Å². The van der Waals surface area contributed by atoms with Crippen LogP contribution in [0.4, 0.5) is 0 Å². The molecule has 2 N–H and O–H groups in total. The first kappa shape index (κ1) is 18.2. The third-order valence-electron chi connectivity index (χ3n) is 4.51. The molecule has 4 aromatic rings. The van der Waals surface area contributed by atoms with Gasteiger partial charge in [0.05, 0.1) is 7.11 Å². The first-order valence-corrected chi connectivity index (χ1v) is 8.77. The van der Waals surface area contributed by atoms with Gasteiger partial charge in [-0.25, -0.2) is 4.79 Å². The van der Waals surface area contributed by atoms with Crippen LogP contribution in [0.3, 0.4) is 0 Å². The van der Waals surface area contributed by atoms with E-state index in [4.69, 9.17) is 9.15 Å². The fourth-order valence-electron chi connectivity index (χ4n) is 3.05. The van der Waals surface area contributed by atoms with E-state index < -0.39 is 17.4 Å². The van der Waals surface area contributed by atoms with Crippen LogP contribution >= 0.6 is 0 Å². The molecule has 0 fully saturated rings. The minimum Gasteiger partial charge on any atom is -0.497 e. The molecule has 0 spiro atoms. The standard InChI is InChI=1S/C22H16N2O5/c1-28-15-10-9-14-11-18(22(27)29-19(14)12-15)21(26)24-23-20(25)17-8-4-6-13-5-2-3-7-16(13)17/h2-12H,1H3,(H,23,25)(H,24,26). The van der Waals surface area contributed by atoms with Crippen molar-refractivity contribution in [2.45, 2.75) is 0 Å². The second-order valence-electron chi connectivity index (χ2n) is 6.29. The summed E-state index contributed by atoms with van der Waals surface area (Å²) in [6.45, 7) is 0. The van der Waals surface area contributed by atoms with Gasteiger partial charge in [0.15, 0.2) is 0 Å². The Labute approximate surface area is 164 Å². The van der Waals surface area contributed by atoms with Crippen LogP contribution in [0.25, 0.3) is 21.7 Å². The molecule has 0 bridgehead atoms. The first-order chi connectivity index (χ1) is 14.1. The van der Waals surface area contributed by atoms with Gasteiger partial charge in [0.1, 0.15) is 16.9 Å². The molecular formula is C22H16N2O5. The summed E-state index contributed by atoms with van der Waals surface area (Å²) in [5.74, 6) is -0.740. The number of rotatable bonds is 3. The molecule has 0 radical (unpaired) electrons.